The first-order chi connectivity index (χ1) is 17.0. The van der Waals surface area contributed by atoms with Crippen molar-refractivity contribution in [1.29, 1.82) is 0 Å². The fourth-order valence-corrected chi connectivity index (χ4v) is 6.14. The normalized spacial score (nSPS) is 18.7. The van der Waals surface area contributed by atoms with Crippen molar-refractivity contribution in [2.45, 2.75) is 50.7 Å². The van der Waals surface area contributed by atoms with E-state index in [1.54, 1.807) is 6.07 Å². The third kappa shape index (κ3) is 6.67. The van der Waals surface area contributed by atoms with E-state index < -0.39 is 0 Å². The molecule has 0 amide bonds. The van der Waals surface area contributed by atoms with E-state index in [2.05, 4.69) is 58.3 Å². The molecule has 5 rings (SSSR count). The number of benzene rings is 3. The summed E-state index contributed by atoms with van der Waals surface area (Å²) >= 11 is 12.7. The fraction of sp³-hybridized carbons (Fsp3) is 0.400. The number of halogens is 2. The van der Waals surface area contributed by atoms with Crippen LogP contribution in [0.5, 0.6) is 0 Å². The Bertz CT molecular complexity index is 1100. The molecule has 3 aromatic carbocycles. The Morgan fingerprint density at radius 2 is 1.17 bits per heavy atom. The number of likely N-dealkylation sites (tertiary alicyclic amines) is 2. The van der Waals surface area contributed by atoms with Crippen LogP contribution >= 0.6 is 23.2 Å². The first-order valence-electron chi connectivity index (χ1n) is 12.9. The standard InChI is InChI=1S/C30H35Cl2N3/c31-28-17-27(18-29(32)19-28)26-15-22(14-23(16-26)21-35-12-8-30(33)9-13-35)20-34-10-6-25(7-11-34)24-4-2-1-3-5-24/h1-5,14-19,25,30H,6-13,20-21,33H2. The van der Waals surface area contributed by atoms with Gasteiger partial charge >= 0.3 is 0 Å². The fourth-order valence-electron chi connectivity index (χ4n) is 5.61. The second kappa shape index (κ2) is 11.5. The second-order valence-corrected chi connectivity index (χ2v) is 11.1. The van der Waals surface area contributed by atoms with Crippen LogP contribution in [0.1, 0.15) is 48.3 Å². The summed E-state index contributed by atoms with van der Waals surface area (Å²) in [5.41, 5.74) is 12.6. The molecule has 3 nitrogen and oxygen atoms in total. The number of nitrogens with zero attached hydrogens (tertiary/aromatic N) is 2. The van der Waals surface area contributed by atoms with Crippen molar-refractivity contribution < 1.29 is 0 Å². The van der Waals surface area contributed by atoms with Crippen LogP contribution in [0.2, 0.25) is 10.0 Å². The molecule has 184 valence electrons. The van der Waals surface area contributed by atoms with Gasteiger partial charge in [0.1, 0.15) is 0 Å². The zero-order valence-electron chi connectivity index (χ0n) is 20.3. The number of hydrogen-bond acceptors (Lipinski definition) is 3. The smallest absolute Gasteiger partial charge is 0.0426 e. The molecule has 2 aliphatic heterocycles. The summed E-state index contributed by atoms with van der Waals surface area (Å²) in [4.78, 5) is 5.13. The lowest BCUT2D eigenvalue weighted by Crippen LogP contribution is -2.39. The van der Waals surface area contributed by atoms with Crippen LogP contribution in [-0.4, -0.2) is 42.0 Å². The molecular weight excluding hydrogens is 473 g/mol. The monoisotopic (exact) mass is 507 g/mol. The number of rotatable bonds is 6. The first-order valence-corrected chi connectivity index (χ1v) is 13.6. The van der Waals surface area contributed by atoms with E-state index in [1.807, 2.05) is 12.1 Å². The van der Waals surface area contributed by atoms with E-state index in [1.165, 1.54) is 35.1 Å². The molecule has 2 heterocycles. The molecule has 35 heavy (non-hydrogen) atoms. The van der Waals surface area contributed by atoms with Gasteiger partial charge in [-0.2, -0.15) is 0 Å². The predicted molar refractivity (Wildman–Crippen MR) is 148 cm³/mol. The van der Waals surface area contributed by atoms with Crippen molar-refractivity contribution >= 4 is 23.2 Å². The molecule has 0 bridgehead atoms. The van der Waals surface area contributed by atoms with Crippen LogP contribution < -0.4 is 5.73 Å². The highest BCUT2D eigenvalue weighted by atomic mass is 35.5. The van der Waals surface area contributed by atoms with Gasteiger partial charge in [0.2, 0.25) is 0 Å². The third-order valence-corrected chi connectivity index (χ3v) is 7.99. The summed E-state index contributed by atoms with van der Waals surface area (Å²) in [6.07, 6.45) is 4.59. The van der Waals surface area contributed by atoms with Gasteiger partial charge in [0.25, 0.3) is 0 Å². The van der Waals surface area contributed by atoms with E-state index >= 15 is 0 Å². The Morgan fingerprint density at radius 1 is 0.657 bits per heavy atom. The van der Waals surface area contributed by atoms with Crippen LogP contribution in [0.3, 0.4) is 0 Å². The zero-order valence-corrected chi connectivity index (χ0v) is 21.8. The molecule has 0 unspecified atom stereocenters. The lowest BCUT2D eigenvalue weighted by atomic mass is 9.89. The summed E-state index contributed by atoms with van der Waals surface area (Å²) in [5, 5.41) is 1.35. The molecule has 2 fully saturated rings. The molecule has 2 N–H and O–H groups in total. The molecule has 0 aromatic heterocycles. The minimum absolute atomic E-state index is 0.348. The average molecular weight is 509 g/mol. The van der Waals surface area contributed by atoms with Crippen molar-refractivity contribution in [3.05, 3.63) is 93.5 Å². The van der Waals surface area contributed by atoms with Crippen molar-refractivity contribution in [2.24, 2.45) is 5.73 Å². The van der Waals surface area contributed by atoms with Crippen LogP contribution in [0.15, 0.2) is 66.7 Å². The van der Waals surface area contributed by atoms with Crippen molar-refractivity contribution in [2.75, 3.05) is 26.2 Å². The number of nitrogens with two attached hydrogens (primary N) is 1. The van der Waals surface area contributed by atoms with E-state index in [0.29, 0.717) is 22.0 Å². The highest BCUT2D eigenvalue weighted by Gasteiger charge is 2.21. The van der Waals surface area contributed by atoms with Crippen molar-refractivity contribution in [3.63, 3.8) is 0 Å². The van der Waals surface area contributed by atoms with Crippen LogP contribution in [-0.2, 0) is 13.1 Å². The minimum atomic E-state index is 0.348. The Morgan fingerprint density at radius 3 is 1.74 bits per heavy atom. The zero-order chi connectivity index (χ0) is 24.2. The predicted octanol–water partition coefficient (Wildman–Crippen LogP) is 6.96. The maximum absolute atomic E-state index is 6.36. The van der Waals surface area contributed by atoms with Gasteiger partial charge in [-0.1, -0.05) is 59.6 Å². The molecular formula is C30H35Cl2N3. The van der Waals surface area contributed by atoms with Crippen molar-refractivity contribution in [1.82, 2.24) is 9.80 Å². The summed E-state index contributed by atoms with van der Waals surface area (Å²) in [6.45, 7) is 6.32. The Labute approximate surface area is 219 Å². The summed E-state index contributed by atoms with van der Waals surface area (Å²) in [6, 6.07) is 24.2. The summed E-state index contributed by atoms with van der Waals surface area (Å²) < 4.78 is 0. The van der Waals surface area contributed by atoms with E-state index in [0.717, 1.165) is 57.7 Å². The largest absolute Gasteiger partial charge is 0.328 e. The Kier molecular flexibility index (Phi) is 8.11. The van der Waals surface area contributed by atoms with Gasteiger partial charge < -0.3 is 5.73 Å². The van der Waals surface area contributed by atoms with Gasteiger partial charge in [-0.25, -0.2) is 0 Å². The molecule has 5 heteroatoms. The van der Waals surface area contributed by atoms with Gasteiger partial charge in [-0.3, -0.25) is 9.80 Å². The third-order valence-electron chi connectivity index (χ3n) is 7.55. The van der Waals surface area contributed by atoms with Gasteiger partial charge in [0, 0.05) is 29.2 Å². The van der Waals surface area contributed by atoms with Crippen LogP contribution in [0.25, 0.3) is 11.1 Å². The molecule has 0 saturated carbocycles. The number of hydrogen-bond donors (Lipinski definition) is 1. The molecule has 0 atom stereocenters. The summed E-state index contributed by atoms with van der Waals surface area (Å²) in [7, 11) is 0. The molecule has 2 aliphatic rings. The van der Waals surface area contributed by atoms with Gasteiger partial charge in [0.05, 0.1) is 0 Å². The first kappa shape index (κ1) is 24.8. The molecule has 0 aliphatic carbocycles. The molecule has 0 spiro atoms. The Balaban J connectivity index is 1.34. The molecule has 2 saturated heterocycles. The van der Waals surface area contributed by atoms with Crippen LogP contribution in [0.4, 0.5) is 0 Å². The maximum atomic E-state index is 6.36. The van der Waals surface area contributed by atoms with Crippen molar-refractivity contribution in [3.8, 4) is 11.1 Å². The SMILES string of the molecule is NC1CCN(Cc2cc(CN3CCC(c4ccccc4)CC3)cc(-c3cc(Cl)cc(Cl)c3)c2)CC1. The second-order valence-electron chi connectivity index (χ2n) is 10.3. The van der Waals surface area contributed by atoms with E-state index in [9.17, 15) is 0 Å². The van der Waals surface area contributed by atoms with Gasteiger partial charge in [0.15, 0.2) is 0 Å². The highest BCUT2D eigenvalue weighted by molar-refractivity contribution is 6.35. The van der Waals surface area contributed by atoms with Gasteiger partial charge in [-0.05, 0) is 116 Å². The topological polar surface area (TPSA) is 32.5 Å². The number of piperidine rings is 2. The lowest BCUT2D eigenvalue weighted by Gasteiger charge is -2.33. The average Bonchev–Trinajstić information content (AvgIpc) is 2.86. The van der Waals surface area contributed by atoms with E-state index in [-0.39, 0.29) is 0 Å². The Hall–Kier alpha value is -1.88. The highest BCUT2D eigenvalue weighted by Crippen LogP contribution is 2.32. The van der Waals surface area contributed by atoms with Crippen LogP contribution in [0, 0.1) is 0 Å². The van der Waals surface area contributed by atoms with E-state index in [4.69, 9.17) is 28.9 Å². The lowest BCUT2D eigenvalue weighted by molar-refractivity contribution is 0.202. The quantitative estimate of drug-likeness (QED) is 0.391. The molecule has 0 radical (unpaired) electrons. The summed E-state index contributed by atoms with van der Waals surface area (Å²) in [5.74, 6) is 0.674. The maximum Gasteiger partial charge on any atom is 0.0426 e. The van der Waals surface area contributed by atoms with Gasteiger partial charge in [-0.15, -0.1) is 0 Å². The molecule has 3 aromatic rings. The minimum Gasteiger partial charge on any atom is -0.328 e.